The molecule has 1 aromatic rings. The molecule has 0 atom stereocenters. The third-order valence-electron chi connectivity index (χ3n) is 3.04. The van der Waals surface area contributed by atoms with Crippen LogP contribution in [0, 0.1) is 0 Å². The summed E-state index contributed by atoms with van der Waals surface area (Å²) in [5, 5.41) is 19.0. The highest BCUT2D eigenvalue weighted by molar-refractivity contribution is 6.31. The van der Waals surface area contributed by atoms with E-state index in [0.717, 1.165) is 0 Å². The molecule has 0 bridgehead atoms. The van der Waals surface area contributed by atoms with Crippen LogP contribution >= 0.6 is 11.6 Å². The SMILES string of the molecule is O=C(O)CCC(=O)C1=C(O)c2cc(Cl)ccc2CC1=O. The van der Waals surface area contributed by atoms with E-state index in [9.17, 15) is 19.5 Å². The minimum atomic E-state index is -1.13. The average molecular weight is 295 g/mol. The van der Waals surface area contributed by atoms with Crippen molar-refractivity contribution in [3.63, 3.8) is 0 Å². The van der Waals surface area contributed by atoms with Gasteiger partial charge in [0.2, 0.25) is 0 Å². The molecule has 20 heavy (non-hydrogen) atoms. The topological polar surface area (TPSA) is 91.7 Å². The molecular weight excluding hydrogens is 284 g/mol. The highest BCUT2D eigenvalue weighted by atomic mass is 35.5. The summed E-state index contributed by atoms with van der Waals surface area (Å²) < 4.78 is 0. The second kappa shape index (κ2) is 5.46. The number of Topliss-reactive ketones (excluding diaryl/α,β-unsaturated/α-hetero) is 2. The van der Waals surface area contributed by atoms with Crippen LogP contribution in [0.25, 0.3) is 5.76 Å². The van der Waals surface area contributed by atoms with Gasteiger partial charge in [-0.1, -0.05) is 17.7 Å². The number of aliphatic hydroxyl groups is 1. The number of allylic oxidation sites excluding steroid dienone is 1. The molecule has 0 saturated heterocycles. The number of rotatable bonds is 4. The monoisotopic (exact) mass is 294 g/mol. The predicted octanol–water partition coefficient (Wildman–Crippen LogP) is 2.17. The molecule has 1 aliphatic rings. The number of carbonyl (C=O) groups is 3. The van der Waals surface area contributed by atoms with Gasteiger partial charge in [0.25, 0.3) is 0 Å². The maximum Gasteiger partial charge on any atom is 0.303 e. The molecule has 0 aromatic heterocycles. The fourth-order valence-corrected chi connectivity index (χ4v) is 2.26. The molecule has 5 nitrogen and oxygen atoms in total. The van der Waals surface area contributed by atoms with E-state index in [1.807, 2.05) is 0 Å². The highest BCUT2D eigenvalue weighted by Crippen LogP contribution is 2.30. The summed E-state index contributed by atoms with van der Waals surface area (Å²) in [6, 6.07) is 4.69. The summed E-state index contributed by atoms with van der Waals surface area (Å²) in [6.07, 6.45) is -0.716. The molecule has 0 amide bonds. The molecule has 0 radical (unpaired) electrons. The molecule has 0 fully saturated rings. The lowest BCUT2D eigenvalue weighted by Gasteiger charge is -2.18. The van der Waals surface area contributed by atoms with Gasteiger partial charge >= 0.3 is 5.97 Å². The number of hydrogen-bond donors (Lipinski definition) is 2. The van der Waals surface area contributed by atoms with E-state index < -0.39 is 23.3 Å². The van der Waals surface area contributed by atoms with Gasteiger partial charge < -0.3 is 10.2 Å². The van der Waals surface area contributed by atoms with E-state index in [1.54, 1.807) is 12.1 Å². The lowest BCUT2D eigenvalue weighted by molar-refractivity contribution is -0.138. The number of benzene rings is 1. The molecule has 6 heteroatoms. The van der Waals surface area contributed by atoms with Gasteiger partial charge in [0.15, 0.2) is 11.6 Å². The van der Waals surface area contributed by atoms with E-state index in [1.165, 1.54) is 6.07 Å². The molecule has 0 heterocycles. The summed E-state index contributed by atoms with van der Waals surface area (Å²) in [4.78, 5) is 34.3. The molecule has 0 saturated carbocycles. The zero-order chi connectivity index (χ0) is 14.9. The standard InChI is InChI=1S/C14H11ClO5/c15-8-2-1-7-5-11(17)13(14(20)9(7)6-8)10(16)3-4-12(18)19/h1-2,6,20H,3-5H2,(H,18,19). The Labute approximate surface area is 119 Å². The number of fused-ring (bicyclic) bond motifs is 1. The number of halogens is 1. The minimum absolute atomic E-state index is 0.00922. The van der Waals surface area contributed by atoms with Crippen molar-refractivity contribution in [1.82, 2.24) is 0 Å². The molecule has 1 aromatic carbocycles. The summed E-state index contributed by atoms with van der Waals surface area (Å²) in [6.45, 7) is 0. The van der Waals surface area contributed by atoms with Gasteiger partial charge in [0.05, 0.1) is 6.42 Å². The van der Waals surface area contributed by atoms with Crippen LogP contribution in [-0.2, 0) is 20.8 Å². The molecule has 0 aliphatic heterocycles. The van der Waals surface area contributed by atoms with Gasteiger partial charge in [-0.3, -0.25) is 14.4 Å². The molecule has 0 unspecified atom stereocenters. The number of aliphatic carboxylic acids is 1. The van der Waals surface area contributed by atoms with Crippen molar-refractivity contribution in [3.05, 3.63) is 39.9 Å². The quantitative estimate of drug-likeness (QED) is 0.830. The number of ketones is 2. The molecular formula is C14H11ClO5. The van der Waals surface area contributed by atoms with Gasteiger partial charge in [-0.25, -0.2) is 0 Å². The van der Waals surface area contributed by atoms with Crippen LogP contribution in [-0.4, -0.2) is 27.7 Å². The molecule has 2 rings (SSSR count). The number of carboxylic acids is 1. The second-order valence-corrected chi connectivity index (χ2v) is 4.88. The van der Waals surface area contributed by atoms with E-state index in [2.05, 4.69) is 0 Å². The maximum absolute atomic E-state index is 11.9. The van der Waals surface area contributed by atoms with Crippen LogP contribution in [0.2, 0.25) is 5.02 Å². The Morgan fingerprint density at radius 2 is 1.95 bits per heavy atom. The smallest absolute Gasteiger partial charge is 0.303 e. The van der Waals surface area contributed by atoms with Gasteiger partial charge in [-0.15, -0.1) is 0 Å². The molecule has 104 valence electrons. The first kappa shape index (κ1) is 14.3. The fraction of sp³-hybridized carbons (Fsp3) is 0.214. The minimum Gasteiger partial charge on any atom is -0.506 e. The lowest BCUT2D eigenvalue weighted by atomic mass is 9.86. The Morgan fingerprint density at radius 1 is 1.25 bits per heavy atom. The first-order valence-corrected chi connectivity index (χ1v) is 6.28. The zero-order valence-electron chi connectivity index (χ0n) is 10.4. The normalized spacial score (nSPS) is 14.2. The van der Waals surface area contributed by atoms with Crippen LogP contribution < -0.4 is 0 Å². The van der Waals surface area contributed by atoms with Crippen molar-refractivity contribution in [2.45, 2.75) is 19.3 Å². The number of aliphatic hydroxyl groups excluding tert-OH is 1. The number of carbonyl (C=O) groups excluding carboxylic acids is 2. The predicted molar refractivity (Wildman–Crippen MR) is 71.6 cm³/mol. The van der Waals surface area contributed by atoms with E-state index in [0.29, 0.717) is 16.1 Å². The van der Waals surface area contributed by atoms with Crippen molar-refractivity contribution >= 4 is 34.9 Å². The third-order valence-corrected chi connectivity index (χ3v) is 3.27. The van der Waals surface area contributed by atoms with Gasteiger partial charge in [-0.05, 0) is 17.7 Å². The Morgan fingerprint density at radius 3 is 2.60 bits per heavy atom. The second-order valence-electron chi connectivity index (χ2n) is 4.44. The average Bonchev–Trinajstić information content (AvgIpc) is 2.37. The van der Waals surface area contributed by atoms with Crippen molar-refractivity contribution in [3.8, 4) is 0 Å². The maximum atomic E-state index is 11.9. The Bertz CT molecular complexity index is 645. The van der Waals surface area contributed by atoms with Crippen LogP contribution in [0.4, 0.5) is 0 Å². The molecule has 1 aliphatic carbocycles. The van der Waals surface area contributed by atoms with Crippen molar-refractivity contribution in [2.75, 3.05) is 0 Å². The van der Waals surface area contributed by atoms with Gasteiger partial charge in [-0.2, -0.15) is 0 Å². The third kappa shape index (κ3) is 2.72. The van der Waals surface area contributed by atoms with Gasteiger partial charge in [0.1, 0.15) is 11.3 Å². The Hall–Kier alpha value is -2.14. The van der Waals surface area contributed by atoms with E-state index in [-0.39, 0.29) is 24.8 Å². The molecule has 0 spiro atoms. The van der Waals surface area contributed by atoms with Gasteiger partial charge in [0, 0.05) is 23.4 Å². The van der Waals surface area contributed by atoms with Crippen molar-refractivity contribution in [2.24, 2.45) is 0 Å². The van der Waals surface area contributed by atoms with Crippen LogP contribution in [0.1, 0.15) is 24.0 Å². The summed E-state index contributed by atoms with van der Waals surface area (Å²) in [7, 11) is 0. The van der Waals surface area contributed by atoms with E-state index in [4.69, 9.17) is 16.7 Å². The van der Waals surface area contributed by atoms with Crippen LogP contribution in [0.3, 0.4) is 0 Å². The molecule has 2 N–H and O–H groups in total. The number of hydrogen-bond acceptors (Lipinski definition) is 4. The Balaban J connectivity index is 2.40. The first-order valence-electron chi connectivity index (χ1n) is 5.90. The largest absolute Gasteiger partial charge is 0.506 e. The first-order chi connectivity index (χ1) is 9.40. The number of carboxylic acid groups (broad SMARTS) is 1. The van der Waals surface area contributed by atoms with E-state index >= 15 is 0 Å². The lowest BCUT2D eigenvalue weighted by Crippen LogP contribution is -2.22. The zero-order valence-corrected chi connectivity index (χ0v) is 11.1. The fourth-order valence-electron chi connectivity index (χ4n) is 2.08. The van der Waals surface area contributed by atoms with Crippen LogP contribution in [0.5, 0.6) is 0 Å². The summed E-state index contributed by atoms with van der Waals surface area (Å²) in [5.41, 5.74) is 0.600. The summed E-state index contributed by atoms with van der Waals surface area (Å²) in [5.74, 6) is -2.73. The Kier molecular flexibility index (Phi) is 3.90. The van der Waals surface area contributed by atoms with Crippen molar-refractivity contribution < 1.29 is 24.6 Å². The van der Waals surface area contributed by atoms with Crippen molar-refractivity contribution in [1.29, 1.82) is 0 Å². The summed E-state index contributed by atoms with van der Waals surface area (Å²) >= 11 is 5.83. The van der Waals surface area contributed by atoms with Crippen LogP contribution in [0.15, 0.2) is 23.8 Å². The highest BCUT2D eigenvalue weighted by Gasteiger charge is 2.30.